The molecule has 3 aliphatic carbocycles. The van der Waals surface area contributed by atoms with Gasteiger partial charge >= 0.3 is 51.4 Å². The van der Waals surface area contributed by atoms with Crippen molar-refractivity contribution in [2.75, 3.05) is 6.61 Å². The van der Waals surface area contributed by atoms with Crippen LogP contribution in [0, 0.1) is 36.2 Å². The first kappa shape index (κ1) is 19.6. The molecular weight excluding hydrogens is 326 g/mol. The van der Waals surface area contributed by atoms with E-state index >= 15 is 4.39 Å². The minimum atomic E-state index is -1.26. The number of ether oxygens (including phenoxy) is 1. The number of alkyl halides is 1. The summed E-state index contributed by atoms with van der Waals surface area (Å²) in [6.45, 7) is 15.3. The molecule has 0 bridgehead atoms. The molecule has 0 amide bonds. The Labute approximate surface area is 189 Å². The van der Waals surface area contributed by atoms with Gasteiger partial charge in [-0.25, -0.2) is 23.0 Å². The van der Waals surface area contributed by atoms with Crippen LogP contribution in [0.25, 0.3) is 0 Å². The zero-order chi connectivity index (χ0) is 16.5. The van der Waals surface area contributed by atoms with Crippen molar-refractivity contribution in [3.63, 3.8) is 0 Å². The van der Waals surface area contributed by atoms with E-state index in [-0.39, 0.29) is 68.3 Å². The molecule has 24 heavy (non-hydrogen) atoms. The van der Waals surface area contributed by atoms with Gasteiger partial charge in [0.05, 0.1) is 5.60 Å². The Kier molecular flexibility index (Phi) is 5.08. The van der Waals surface area contributed by atoms with Gasteiger partial charge < -0.3 is 11.3 Å². The van der Waals surface area contributed by atoms with Crippen molar-refractivity contribution in [3.05, 3.63) is 31.2 Å². The Morgan fingerprint density at radius 2 is 2.00 bits per heavy atom. The van der Waals surface area contributed by atoms with Crippen molar-refractivity contribution in [3.8, 4) is 0 Å². The number of rotatable bonds is 1. The molecule has 1 nitrogen and oxygen atoms in total. The third kappa shape index (κ3) is 2.18. The summed E-state index contributed by atoms with van der Waals surface area (Å²) in [4.78, 5) is 0. The van der Waals surface area contributed by atoms with E-state index in [9.17, 15) is 0 Å². The molecule has 6 atom stereocenters. The van der Waals surface area contributed by atoms with Gasteiger partial charge in [0, 0.05) is 6.61 Å². The topological polar surface area (TPSA) is 9.23 Å². The Hall–Kier alpha value is 0.876. The second-order valence-electron chi connectivity index (χ2n) is 8.81. The molecular formula is C21H29FKO-. The largest absolute Gasteiger partial charge is 1.00 e. The molecule has 1 heterocycles. The first-order chi connectivity index (χ1) is 10.8. The summed E-state index contributed by atoms with van der Waals surface area (Å²) in [5.74, 6) is 0.433. The molecule has 0 aromatic heterocycles. The second-order valence-corrected chi connectivity index (χ2v) is 8.81. The molecule has 0 radical (unpaired) electrons. The molecule has 3 fully saturated rings. The molecule has 0 aromatic carbocycles. The summed E-state index contributed by atoms with van der Waals surface area (Å²) in [7, 11) is 0. The zero-order valence-corrected chi connectivity index (χ0v) is 18.7. The SMILES string of the molecule is [CH-]=CC1(C)C([CH2-])=CC[C@H]2[C@@H]3CCC4(CCCO4)C3(C)CC[C@@]21F.[K+]. The summed E-state index contributed by atoms with van der Waals surface area (Å²) in [6, 6.07) is 0. The van der Waals surface area contributed by atoms with E-state index in [0.29, 0.717) is 12.3 Å². The third-order valence-electron chi connectivity index (χ3n) is 8.39. The maximum Gasteiger partial charge on any atom is 1.00 e. The second kappa shape index (κ2) is 6.20. The van der Waals surface area contributed by atoms with Crippen LogP contribution in [0.1, 0.15) is 58.8 Å². The van der Waals surface area contributed by atoms with Crippen LogP contribution in [-0.2, 0) is 4.74 Å². The van der Waals surface area contributed by atoms with Crippen molar-refractivity contribution in [2.45, 2.75) is 70.1 Å². The van der Waals surface area contributed by atoms with E-state index in [0.717, 1.165) is 50.7 Å². The van der Waals surface area contributed by atoms with E-state index in [1.54, 1.807) is 6.08 Å². The zero-order valence-electron chi connectivity index (χ0n) is 15.5. The summed E-state index contributed by atoms with van der Waals surface area (Å²) in [6.07, 6.45) is 10.5. The first-order valence-electron chi connectivity index (χ1n) is 9.25. The normalized spacial score (nSPS) is 53.0. The molecule has 4 aliphatic rings. The van der Waals surface area contributed by atoms with Gasteiger partial charge in [0.15, 0.2) is 0 Å². The maximum absolute atomic E-state index is 16.4. The number of halogens is 1. The molecule has 128 valence electrons. The molecule has 1 spiro atoms. The standard InChI is InChI=1S/C21H29FO.K/c1-5-18(3)15(2)7-8-17-16-9-11-20(10-6-14-23-20)19(16,4)12-13-21(17,18)22;/h1,5,7,16-17H,2,6,8-14H2,3-4H3;/q-2;+1/t16-,17-,18?,19?,20?,21+;/m0./s1. The monoisotopic (exact) mass is 355 g/mol. The quantitative estimate of drug-likeness (QED) is 0.518. The van der Waals surface area contributed by atoms with Crippen LogP contribution in [0.15, 0.2) is 17.7 Å². The summed E-state index contributed by atoms with van der Waals surface area (Å²) >= 11 is 0. The molecule has 4 rings (SSSR count). The fourth-order valence-electron chi connectivity index (χ4n) is 6.67. The van der Waals surface area contributed by atoms with Crippen molar-refractivity contribution >= 4 is 0 Å². The Bertz CT molecular complexity index is 566. The number of hydrogen-bond donors (Lipinski definition) is 0. The van der Waals surface area contributed by atoms with Crippen LogP contribution in [-0.4, -0.2) is 17.9 Å². The predicted molar refractivity (Wildman–Crippen MR) is 90.3 cm³/mol. The van der Waals surface area contributed by atoms with Crippen molar-refractivity contribution < 1.29 is 60.5 Å². The Balaban J connectivity index is 0.00000169. The fraction of sp³-hybridized carbons (Fsp3) is 0.762. The average molecular weight is 356 g/mol. The van der Waals surface area contributed by atoms with Crippen molar-refractivity contribution in [1.82, 2.24) is 0 Å². The summed E-state index contributed by atoms with van der Waals surface area (Å²) in [5, 5.41) is 0. The van der Waals surface area contributed by atoms with E-state index < -0.39 is 11.1 Å². The van der Waals surface area contributed by atoms with Gasteiger partial charge in [0.25, 0.3) is 0 Å². The van der Waals surface area contributed by atoms with E-state index in [1.165, 1.54) is 0 Å². The van der Waals surface area contributed by atoms with Crippen LogP contribution < -0.4 is 51.4 Å². The number of allylic oxidation sites excluding steroid dienone is 3. The van der Waals surface area contributed by atoms with Gasteiger partial charge in [-0.05, 0) is 61.2 Å². The molecule has 0 aromatic rings. The fourth-order valence-corrected chi connectivity index (χ4v) is 6.67. The molecule has 1 aliphatic heterocycles. The Morgan fingerprint density at radius 3 is 2.62 bits per heavy atom. The van der Waals surface area contributed by atoms with E-state index in [2.05, 4.69) is 19.9 Å². The van der Waals surface area contributed by atoms with Crippen LogP contribution in [0.3, 0.4) is 0 Å². The molecule has 0 N–H and O–H groups in total. The van der Waals surface area contributed by atoms with Crippen LogP contribution in [0.2, 0.25) is 0 Å². The minimum absolute atomic E-state index is 0. The summed E-state index contributed by atoms with van der Waals surface area (Å²) in [5.41, 5.74) is -1.01. The Morgan fingerprint density at radius 1 is 1.25 bits per heavy atom. The van der Waals surface area contributed by atoms with Gasteiger partial charge in [-0.1, -0.05) is 20.3 Å². The first-order valence-corrected chi connectivity index (χ1v) is 9.25. The van der Waals surface area contributed by atoms with Crippen LogP contribution in [0.5, 0.6) is 0 Å². The third-order valence-corrected chi connectivity index (χ3v) is 8.39. The predicted octanol–water partition coefficient (Wildman–Crippen LogP) is 2.23. The molecule has 3 heteroatoms. The van der Waals surface area contributed by atoms with Crippen LogP contribution >= 0.6 is 0 Å². The van der Waals surface area contributed by atoms with Gasteiger partial charge in [0.2, 0.25) is 0 Å². The van der Waals surface area contributed by atoms with Gasteiger partial charge in [0.1, 0.15) is 5.67 Å². The van der Waals surface area contributed by atoms with Crippen LogP contribution in [0.4, 0.5) is 4.39 Å². The maximum atomic E-state index is 16.4. The van der Waals surface area contributed by atoms with Gasteiger partial charge in [-0.2, -0.15) is 0 Å². The van der Waals surface area contributed by atoms with Crippen molar-refractivity contribution in [1.29, 1.82) is 0 Å². The van der Waals surface area contributed by atoms with Gasteiger partial charge in [-0.3, -0.25) is 6.08 Å². The van der Waals surface area contributed by atoms with Gasteiger partial charge in [-0.15, -0.1) is 0 Å². The van der Waals surface area contributed by atoms with Crippen molar-refractivity contribution in [2.24, 2.45) is 22.7 Å². The van der Waals surface area contributed by atoms with E-state index in [4.69, 9.17) is 11.3 Å². The van der Waals surface area contributed by atoms with E-state index in [1.807, 2.05) is 6.92 Å². The molecule has 2 saturated carbocycles. The summed E-state index contributed by atoms with van der Waals surface area (Å²) < 4.78 is 22.7. The smallest absolute Gasteiger partial charge is 0.517 e. The molecule has 3 unspecified atom stereocenters. The average Bonchev–Trinajstić information content (AvgIpc) is 3.12. The minimum Gasteiger partial charge on any atom is -0.517 e. The molecule has 1 saturated heterocycles. The number of fused-ring (bicyclic) bond motifs is 4. The number of hydrogen-bond acceptors (Lipinski definition) is 1.